The summed E-state index contributed by atoms with van der Waals surface area (Å²) < 4.78 is 5.12. The minimum absolute atomic E-state index is 0.405. The smallest absolute Gasteiger partial charge is 0.407 e. The summed E-state index contributed by atoms with van der Waals surface area (Å²) in [5.41, 5.74) is 0.440. The Morgan fingerprint density at radius 3 is 2.58 bits per heavy atom. The molecule has 1 rings (SSSR count). The molecule has 1 amide bonds. The zero-order chi connectivity index (χ0) is 14.3. The largest absolute Gasteiger partial charge is 0.444 e. The van der Waals surface area contributed by atoms with E-state index in [0.29, 0.717) is 13.1 Å². The maximum Gasteiger partial charge on any atom is 0.407 e. The van der Waals surface area contributed by atoms with Crippen LogP contribution in [0.15, 0.2) is 18.3 Å². The van der Waals surface area contributed by atoms with Crippen molar-refractivity contribution in [3.8, 4) is 0 Å². The van der Waals surface area contributed by atoms with Crippen molar-refractivity contribution in [2.45, 2.75) is 26.4 Å². The number of pyridine rings is 1. The van der Waals surface area contributed by atoms with Gasteiger partial charge in [0.05, 0.1) is 11.9 Å². The van der Waals surface area contributed by atoms with Gasteiger partial charge in [0.1, 0.15) is 11.4 Å². The van der Waals surface area contributed by atoms with E-state index in [4.69, 9.17) is 4.74 Å². The lowest BCUT2D eigenvalue weighted by molar-refractivity contribution is 0.0530. The predicted octanol–water partition coefficient (Wildman–Crippen LogP) is 2.06. The van der Waals surface area contributed by atoms with Gasteiger partial charge in [-0.1, -0.05) is 0 Å². The highest BCUT2D eigenvalue weighted by Gasteiger charge is 2.15. The summed E-state index contributed by atoms with van der Waals surface area (Å²) in [6, 6.07) is 3.80. The second kappa shape index (κ2) is 6.82. The number of rotatable bonds is 5. The van der Waals surface area contributed by atoms with Gasteiger partial charge in [0.15, 0.2) is 0 Å². The van der Waals surface area contributed by atoms with E-state index >= 15 is 0 Å². The van der Waals surface area contributed by atoms with Crippen LogP contribution in [0.1, 0.15) is 20.8 Å². The quantitative estimate of drug-likeness (QED) is 0.711. The zero-order valence-electron chi connectivity index (χ0n) is 11.9. The minimum Gasteiger partial charge on any atom is -0.444 e. The van der Waals surface area contributed by atoms with Crippen LogP contribution in [-0.2, 0) is 4.74 Å². The highest BCUT2D eigenvalue weighted by molar-refractivity contribution is 5.67. The van der Waals surface area contributed by atoms with Crippen molar-refractivity contribution in [3.63, 3.8) is 0 Å². The molecular formula is C13H22N4O2. The number of amides is 1. The van der Waals surface area contributed by atoms with Gasteiger partial charge in [0.25, 0.3) is 0 Å². The average Bonchev–Trinajstić information content (AvgIpc) is 2.33. The normalized spacial score (nSPS) is 10.7. The van der Waals surface area contributed by atoms with Crippen LogP contribution in [0, 0.1) is 0 Å². The second-order valence-electron chi connectivity index (χ2n) is 5.04. The molecule has 0 aromatic carbocycles. The topological polar surface area (TPSA) is 75.3 Å². The molecule has 0 saturated carbocycles. The third-order valence-corrected chi connectivity index (χ3v) is 2.14. The number of hydrogen-bond acceptors (Lipinski definition) is 5. The van der Waals surface area contributed by atoms with E-state index in [1.165, 1.54) is 0 Å². The van der Waals surface area contributed by atoms with Crippen molar-refractivity contribution in [1.82, 2.24) is 10.3 Å². The number of aromatic nitrogens is 1. The van der Waals surface area contributed by atoms with E-state index in [1.54, 1.807) is 6.20 Å². The van der Waals surface area contributed by atoms with Crippen LogP contribution >= 0.6 is 0 Å². The molecule has 1 aromatic heterocycles. The summed E-state index contributed by atoms with van der Waals surface area (Å²) in [7, 11) is 1.82. The molecule has 6 nitrogen and oxygen atoms in total. The Labute approximate surface area is 113 Å². The van der Waals surface area contributed by atoms with Crippen LogP contribution in [0.2, 0.25) is 0 Å². The molecule has 0 radical (unpaired) electrons. The number of alkyl carbamates (subject to hydrolysis) is 1. The molecular weight excluding hydrogens is 244 g/mol. The average molecular weight is 266 g/mol. The third kappa shape index (κ3) is 6.49. The van der Waals surface area contributed by atoms with Crippen LogP contribution < -0.4 is 16.0 Å². The maximum absolute atomic E-state index is 11.4. The van der Waals surface area contributed by atoms with Crippen molar-refractivity contribution < 1.29 is 9.53 Å². The Bertz CT molecular complexity index is 398. The summed E-state index contributed by atoms with van der Waals surface area (Å²) in [5, 5.41) is 8.77. The second-order valence-corrected chi connectivity index (χ2v) is 5.04. The molecule has 6 heteroatoms. The maximum atomic E-state index is 11.4. The number of carbonyl (C=O) groups excluding carboxylic acids is 1. The molecule has 0 aliphatic heterocycles. The minimum atomic E-state index is -0.468. The van der Waals surface area contributed by atoms with Crippen molar-refractivity contribution in [2.24, 2.45) is 0 Å². The van der Waals surface area contributed by atoms with Crippen molar-refractivity contribution in [3.05, 3.63) is 18.3 Å². The summed E-state index contributed by atoms with van der Waals surface area (Å²) in [6.45, 7) is 6.60. The molecule has 0 atom stereocenters. The van der Waals surface area contributed by atoms with Gasteiger partial charge in [-0.2, -0.15) is 0 Å². The lowest BCUT2D eigenvalue weighted by atomic mass is 10.2. The van der Waals surface area contributed by atoms with Crippen LogP contribution in [0.5, 0.6) is 0 Å². The van der Waals surface area contributed by atoms with Crippen LogP contribution in [0.3, 0.4) is 0 Å². The lowest BCUT2D eigenvalue weighted by Crippen LogP contribution is -2.34. The SMILES string of the molecule is CNc1ccc(NCCNC(=O)OC(C)(C)C)cn1. The Hall–Kier alpha value is -1.98. The Kier molecular flexibility index (Phi) is 5.41. The molecule has 0 unspecified atom stereocenters. The number of nitrogens with zero attached hydrogens (tertiary/aromatic N) is 1. The molecule has 0 aliphatic carbocycles. The van der Waals surface area contributed by atoms with Crippen LogP contribution in [-0.4, -0.2) is 36.8 Å². The number of nitrogens with one attached hydrogen (secondary N) is 3. The molecule has 3 N–H and O–H groups in total. The van der Waals surface area contributed by atoms with Crippen molar-refractivity contribution >= 4 is 17.6 Å². The number of hydrogen-bond donors (Lipinski definition) is 3. The first-order valence-corrected chi connectivity index (χ1v) is 6.25. The van der Waals surface area contributed by atoms with Gasteiger partial charge in [-0.3, -0.25) is 0 Å². The molecule has 0 saturated heterocycles. The number of anilines is 2. The number of carbonyl (C=O) groups is 1. The molecule has 19 heavy (non-hydrogen) atoms. The van der Waals surface area contributed by atoms with Crippen LogP contribution in [0.25, 0.3) is 0 Å². The molecule has 0 spiro atoms. The van der Waals surface area contributed by atoms with Gasteiger partial charge >= 0.3 is 6.09 Å². The predicted molar refractivity (Wildman–Crippen MR) is 76.5 cm³/mol. The van der Waals surface area contributed by atoms with E-state index < -0.39 is 11.7 Å². The van der Waals surface area contributed by atoms with Gasteiger partial charge < -0.3 is 20.7 Å². The van der Waals surface area contributed by atoms with E-state index in [9.17, 15) is 4.79 Å². The molecule has 0 aliphatic rings. The first kappa shape index (κ1) is 15.1. The van der Waals surface area contributed by atoms with E-state index in [2.05, 4.69) is 20.9 Å². The lowest BCUT2D eigenvalue weighted by Gasteiger charge is -2.19. The van der Waals surface area contributed by atoms with Crippen LogP contribution in [0.4, 0.5) is 16.3 Å². The summed E-state index contributed by atoms with van der Waals surface area (Å²) >= 11 is 0. The van der Waals surface area contributed by atoms with Gasteiger partial charge in [-0.05, 0) is 32.9 Å². The van der Waals surface area contributed by atoms with E-state index in [-0.39, 0.29) is 0 Å². The van der Waals surface area contributed by atoms with E-state index in [0.717, 1.165) is 11.5 Å². The van der Waals surface area contributed by atoms with Gasteiger partial charge in [-0.25, -0.2) is 9.78 Å². The molecule has 1 aromatic rings. The van der Waals surface area contributed by atoms with Gasteiger partial charge in [0.2, 0.25) is 0 Å². The monoisotopic (exact) mass is 266 g/mol. The van der Waals surface area contributed by atoms with Gasteiger partial charge in [0, 0.05) is 20.1 Å². The third-order valence-electron chi connectivity index (χ3n) is 2.14. The summed E-state index contributed by atoms with van der Waals surface area (Å²) in [5.74, 6) is 0.817. The highest BCUT2D eigenvalue weighted by atomic mass is 16.6. The Morgan fingerprint density at radius 1 is 1.32 bits per heavy atom. The first-order chi connectivity index (χ1) is 8.90. The molecule has 0 fully saturated rings. The number of ether oxygens (including phenoxy) is 1. The fourth-order valence-corrected chi connectivity index (χ4v) is 1.33. The molecule has 106 valence electrons. The Balaban J connectivity index is 2.21. The van der Waals surface area contributed by atoms with Gasteiger partial charge in [-0.15, -0.1) is 0 Å². The fraction of sp³-hybridized carbons (Fsp3) is 0.538. The Morgan fingerprint density at radius 2 is 2.05 bits per heavy atom. The zero-order valence-corrected chi connectivity index (χ0v) is 11.9. The van der Waals surface area contributed by atoms with Crippen molar-refractivity contribution in [1.29, 1.82) is 0 Å². The summed E-state index contributed by atoms with van der Waals surface area (Å²) in [6.07, 6.45) is 1.33. The standard InChI is InChI=1S/C13H22N4O2/c1-13(2,3)19-12(18)16-8-7-15-10-5-6-11(14-4)17-9-10/h5-6,9,15H,7-8H2,1-4H3,(H,14,17)(H,16,18). The highest BCUT2D eigenvalue weighted by Crippen LogP contribution is 2.08. The van der Waals surface area contributed by atoms with Crippen molar-refractivity contribution in [2.75, 3.05) is 30.8 Å². The first-order valence-electron chi connectivity index (χ1n) is 6.25. The van der Waals surface area contributed by atoms with E-state index in [1.807, 2.05) is 40.0 Å². The summed E-state index contributed by atoms with van der Waals surface area (Å²) in [4.78, 5) is 15.5. The molecule has 0 bridgehead atoms. The fourth-order valence-electron chi connectivity index (χ4n) is 1.33. The molecule has 1 heterocycles.